The Balaban J connectivity index is 4.09. The first-order valence-corrected chi connectivity index (χ1v) is 5.56. The molecule has 0 radical (unpaired) electrons. The molecule has 2 atom stereocenters. The maximum Gasteiger partial charge on any atom is 0.239 e. The molecule has 0 fully saturated rings. The highest BCUT2D eigenvalue weighted by molar-refractivity contribution is 5.81. The van der Waals surface area contributed by atoms with Crippen molar-refractivity contribution in [2.75, 3.05) is 7.05 Å². The number of nitrogens with two attached hydrogens (primary N) is 1. The van der Waals surface area contributed by atoms with Crippen LogP contribution in [0.5, 0.6) is 0 Å². The molecule has 0 aromatic heterocycles. The molecule has 84 valence electrons. The van der Waals surface area contributed by atoms with Crippen LogP contribution >= 0.6 is 0 Å². The van der Waals surface area contributed by atoms with Gasteiger partial charge in [-0.3, -0.25) is 4.79 Å². The van der Waals surface area contributed by atoms with Crippen LogP contribution in [0.4, 0.5) is 0 Å². The highest BCUT2D eigenvalue weighted by atomic mass is 16.2. The summed E-state index contributed by atoms with van der Waals surface area (Å²) in [4.78, 5) is 13.5. The van der Waals surface area contributed by atoms with Gasteiger partial charge >= 0.3 is 0 Å². The highest BCUT2D eigenvalue weighted by Gasteiger charge is 2.20. The minimum atomic E-state index is -0.315. The van der Waals surface area contributed by atoms with Gasteiger partial charge in [0.2, 0.25) is 5.91 Å². The first-order chi connectivity index (χ1) is 6.54. The molecule has 0 saturated heterocycles. The van der Waals surface area contributed by atoms with Crippen molar-refractivity contribution in [2.45, 2.75) is 58.5 Å². The van der Waals surface area contributed by atoms with Gasteiger partial charge in [-0.05, 0) is 19.8 Å². The number of hydrogen-bond acceptors (Lipinski definition) is 2. The maximum atomic E-state index is 11.8. The lowest BCUT2D eigenvalue weighted by molar-refractivity contribution is -0.133. The zero-order valence-electron chi connectivity index (χ0n) is 9.92. The Morgan fingerprint density at radius 3 is 2.21 bits per heavy atom. The zero-order chi connectivity index (χ0) is 11.1. The normalized spacial score (nSPS) is 14.9. The van der Waals surface area contributed by atoms with E-state index in [1.807, 2.05) is 14.0 Å². The average molecular weight is 200 g/mol. The molecular weight excluding hydrogens is 176 g/mol. The van der Waals surface area contributed by atoms with Crippen molar-refractivity contribution in [2.24, 2.45) is 5.73 Å². The first-order valence-electron chi connectivity index (χ1n) is 5.56. The van der Waals surface area contributed by atoms with E-state index in [1.54, 1.807) is 4.90 Å². The van der Waals surface area contributed by atoms with Crippen molar-refractivity contribution < 1.29 is 4.79 Å². The number of rotatable bonds is 6. The van der Waals surface area contributed by atoms with Crippen LogP contribution in [-0.4, -0.2) is 29.9 Å². The van der Waals surface area contributed by atoms with E-state index in [0.717, 1.165) is 25.7 Å². The monoisotopic (exact) mass is 200 g/mol. The molecule has 14 heavy (non-hydrogen) atoms. The predicted octanol–water partition coefficient (Wildman–Crippen LogP) is 1.76. The molecule has 3 heteroatoms. The number of carbonyl (C=O) groups excluding carboxylic acids is 1. The fraction of sp³-hybridized carbons (Fsp3) is 0.909. The standard InChI is InChI=1S/C11H24N2O/c1-5-7-9(3)13(4)11(14)10(12)8-6-2/h9-10H,5-8,12H2,1-4H3/t9?,10-/m0/s1. The summed E-state index contributed by atoms with van der Waals surface area (Å²) < 4.78 is 0. The molecule has 0 aliphatic carbocycles. The van der Waals surface area contributed by atoms with Crippen LogP contribution in [0.2, 0.25) is 0 Å². The molecular formula is C11H24N2O. The summed E-state index contributed by atoms with van der Waals surface area (Å²) in [5.41, 5.74) is 5.77. The van der Waals surface area contributed by atoms with E-state index in [-0.39, 0.29) is 11.9 Å². The molecule has 0 aromatic rings. The fourth-order valence-electron chi connectivity index (χ4n) is 1.52. The molecule has 1 unspecified atom stereocenters. The van der Waals surface area contributed by atoms with Crippen LogP contribution in [0.25, 0.3) is 0 Å². The lowest BCUT2D eigenvalue weighted by Gasteiger charge is -2.27. The molecule has 0 aliphatic heterocycles. The molecule has 0 aromatic carbocycles. The van der Waals surface area contributed by atoms with Gasteiger partial charge in [0.1, 0.15) is 0 Å². The van der Waals surface area contributed by atoms with Crippen LogP contribution in [-0.2, 0) is 4.79 Å². The Bertz CT molecular complexity index is 171. The molecule has 0 aliphatic rings. The largest absolute Gasteiger partial charge is 0.342 e. The Kier molecular flexibility index (Phi) is 6.54. The lowest BCUT2D eigenvalue weighted by atomic mass is 10.1. The van der Waals surface area contributed by atoms with Crippen molar-refractivity contribution in [3.63, 3.8) is 0 Å². The quantitative estimate of drug-likeness (QED) is 0.710. The smallest absolute Gasteiger partial charge is 0.239 e. The topological polar surface area (TPSA) is 46.3 Å². The second kappa shape index (κ2) is 6.82. The summed E-state index contributed by atoms with van der Waals surface area (Å²) in [6.45, 7) is 6.24. The van der Waals surface area contributed by atoms with Crippen molar-refractivity contribution in [1.29, 1.82) is 0 Å². The van der Waals surface area contributed by atoms with Crippen molar-refractivity contribution in [3.8, 4) is 0 Å². The van der Waals surface area contributed by atoms with E-state index < -0.39 is 0 Å². The van der Waals surface area contributed by atoms with Gasteiger partial charge in [0.25, 0.3) is 0 Å². The molecule has 0 spiro atoms. The van der Waals surface area contributed by atoms with Gasteiger partial charge < -0.3 is 10.6 Å². The van der Waals surface area contributed by atoms with Crippen LogP contribution in [0.3, 0.4) is 0 Å². The Morgan fingerprint density at radius 2 is 1.79 bits per heavy atom. The molecule has 0 heterocycles. The van der Waals surface area contributed by atoms with Crippen molar-refractivity contribution in [1.82, 2.24) is 4.90 Å². The molecule has 1 amide bonds. The van der Waals surface area contributed by atoms with Crippen LogP contribution in [0.15, 0.2) is 0 Å². The number of likely N-dealkylation sites (N-methyl/N-ethyl adjacent to an activating group) is 1. The van der Waals surface area contributed by atoms with Gasteiger partial charge in [-0.25, -0.2) is 0 Å². The molecule has 2 N–H and O–H groups in total. The van der Waals surface area contributed by atoms with Gasteiger partial charge in [-0.1, -0.05) is 26.7 Å². The molecule has 3 nitrogen and oxygen atoms in total. The number of amides is 1. The second-order valence-electron chi connectivity index (χ2n) is 3.98. The van der Waals surface area contributed by atoms with Crippen LogP contribution < -0.4 is 5.73 Å². The maximum absolute atomic E-state index is 11.8. The third-order valence-electron chi connectivity index (χ3n) is 2.63. The minimum absolute atomic E-state index is 0.0767. The van der Waals surface area contributed by atoms with Gasteiger partial charge in [0, 0.05) is 13.1 Å². The van der Waals surface area contributed by atoms with Gasteiger partial charge in [-0.15, -0.1) is 0 Å². The van der Waals surface area contributed by atoms with E-state index in [2.05, 4.69) is 13.8 Å². The minimum Gasteiger partial charge on any atom is -0.342 e. The Morgan fingerprint density at radius 1 is 1.29 bits per heavy atom. The predicted molar refractivity (Wildman–Crippen MR) is 60.0 cm³/mol. The van der Waals surface area contributed by atoms with Gasteiger partial charge in [0.05, 0.1) is 6.04 Å². The van der Waals surface area contributed by atoms with E-state index >= 15 is 0 Å². The second-order valence-corrected chi connectivity index (χ2v) is 3.98. The first kappa shape index (κ1) is 13.4. The van der Waals surface area contributed by atoms with Gasteiger partial charge in [0.15, 0.2) is 0 Å². The summed E-state index contributed by atoms with van der Waals surface area (Å²) in [6.07, 6.45) is 3.88. The van der Waals surface area contributed by atoms with Crippen LogP contribution in [0, 0.1) is 0 Å². The lowest BCUT2D eigenvalue weighted by Crippen LogP contribution is -2.45. The molecule has 0 bridgehead atoms. The van der Waals surface area contributed by atoms with E-state index in [1.165, 1.54) is 0 Å². The molecule has 0 rings (SSSR count). The SMILES string of the molecule is CCCC(C)N(C)C(=O)[C@@H](N)CCC. The number of nitrogens with zero attached hydrogens (tertiary/aromatic N) is 1. The summed E-state index contributed by atoms with van der Waals surface area (Å²) in [6, 6.07) is -0.0142. The summed E-state index contributed by atoms with van der Waals surface area (Å²) in [7, 11) is 1.85. The van der Waals surface area contributed by atoms with E-state index in [4.69, 9.17) is 5.73 Å². The van der Waals surface area contributed by atoms with Gasteiger partial charge in [-0.2, -0.15) is 0 Å². The Labute approximate surface area is 87.6 Å². The van der Waals surface area contributed by atoms with E-state index in [0.29, 0.717) is 6.04 Å². The number of hydrogen-bond donors (Lipinski definition) is 1. The van der Waals surface area contributed by atoms with Crippen LogP contribution in [0.1, 0.15) is 46.5 Å². The summed E-state index contributed by atoms with van der Waals surface area (Å²) >= 11 is 0. The fourth-order valence-corrected chi connectivity index (χ4v) is 1.52. The zero-order valence-corrected chi connectivity index (χ0v) is 9.92. The highest BCUT2D eigenvalue weighted by Crippen LogP contribution is 2.07. The average Bonchev–Trinajstić information content (AvgIpc) is 2.16. The molecule has 0 saturated carbocycles. The summed E-state index contributed by atoms with van der Waals surface area (Å²) in [5, 5.41) is 0. The third-order valence-corrected chi connectivity index (χ3v) is 2.63. The third kappa shape index (κ3) is 4.09. The summed E-state index contributed by atoms with van der Waals surface area (Å²) in [5.74, 6) is 0.0767. The number of carbonyl (C=O) groups is 1. The Hall–Kier alpha value is -0.570. The van der Waals surface area contributed by atoms with Crippen molar-refractivity contribution in [3.05, 3.63) is 0 Å². The van der Waals surface area contributed by atoms with Crippen molar-refractivity contribution >= 4 is 5.91 Å². The van der Waals surface area contributed by atoms with E-state index in [9.17, 15) is 4.79 Å².